The van der Waals surface area contributed by atoms with Crippen molar-refractivity contribution < 1.29 is 18.4 Å². The van der Waals surface area contributed by atoms with Crippen LogP contribution in [0.3, 0.4) is 0 Å². The molecule has 2 aromatic rings. The van der Waals surface area contributed by atoms with Gasteiger partial charge in [0, 0.05) is 11.3 Å². The molecule has 4 nitrogen and oxygen atoms in total. The third-order valence-electron chi connectivity index (χ3n) is 3.67. The van der Waals surface area contributed by atoms with Crippen LogP contribution in [0.2, 0.25) is 0 Å². The SMILES string of the molecule is O=C(Nc1ccccc1F)[C@H]1CSCN1C(=O)c1ccc(F)cc1. The first-order chi connectivity index (χ1) is 11.6. The summed E-state index contributed by atoms with van der Waals surface area (Å²) in [6.07, 6.45) is 0. The number of hydrogen-bond acceptors (Lipinski definition) is 3. The summed E-state index contributed by atoms with van der Waals surface area (Å²) in [5.74, 6) is -0.989. The standard InChI is InChI=1S/C17H14F2N2O2S/c18-12-7-5-11(6-8-12)17(23)21-10-24-9-15(21)16(22)20-14-4-2-1-3-13(14)19/h1-8,15H,9-10H2,(H,20,22)/t15-/m1/s1. The molecule has 7 heteroatoms. The van der Waals surface area contributed by atoms with Crippen molar-refractivity contribution in [3.63, 3.8) is 0 Å². The Morgan fingerprint density at radius 2 is 1.79 bits per heavy atom. The highest BCUT2D eigenvalue weighted by Crippen LogP contribution is 2.25. The first-order valence-electron chi connectivity index (χ1n) is 7.26. The topological polar surface area (TPSA) is 49.4 Å². The van der Waals surface area contributed by atoms with Crippen LogP contribution in [0.1, 0.15) is 10.4 Å². The van der Waals surface area contributed by atoms with Gasteiger partial charge in [0.15, 0.2) is 0 Å². The maximum atomic E-state index is 13.7. The van der Waals surface area contributed by atoms with Crippen molar-refractivity contribution in [3.05, 3.63) is 65.7 Å². The van der Waals surface area contributed by atoms with Crippen LogP contribution in [0.25, 0.3) is 0 Å². The van der Waals surface area contributed by atoms with Gasteiger partial charge in [0.05, 0.1) is 11.6 Å². The summed E-state index contributed by atoms with van der Waals surface area (Å²) in [5, 5.41) is 2.52. The second kappa shape index (κ2) is 7.00. The minimum Gasteiger partial charge on any atom is -0.322 e. The molecule has 1 aliphatic heterocycles. The van der Waals surface area contributed by atoms with Crippen molar-refractivity contribution >= 4 is 29.3 Å². The van der Waals surface area contributed by atoms with E-state index in [4.69, 9.17) is 0 Å². The first-order valence-corrected chi connectivity index (χ1v) is 8.41. The minimum atomic E-state index is -0.702. The third-order valence-corrected chi connectivity index (χ3v) is 4.68. The van der Waals surface area contributed by atoms with Gasteiger partial charge in [-0.15, -0.1) is 11.8 Å². The van der Waals surface area contributed by atoms with E-state index in [1.165, 1.54) is 59.1 Å². The summed E-state index contributed by atoms with van der Waals surface area (Å²) in [4.78, 5) is 26.4. The van der Waals surface area contributed by atoms with Crippen molar-refractivity contribution in [3.8, 4) is 0 Å². The number of benzene rings is 2. The zero-order valence-corrected chi connectivity index (χ0v) is 13.4. The number of thioether (sulfide) groups is 1. The Kier molecular flexibility index (Phi) is 4.80. The highest BCUT2D eigenvalue weighted by atomic mass is 32.2. The normalized spacial score (nSPS) is 16.9. The van der Waals surface area contributed by atoms with Crippen LogP contribution in [0.15, 0.2) is 48.5 Å². The van der Waals surface area contributed by atoms with Gasteiger partial charge in [-0.2, -0.15) is 0 Å². The summed E-state index contributed by atoms with van der Waals surface area (Å²) in [6.45, 7) is 0. The highest BCUT2D eigenvalue weighted by molar-refractivity contribution is 7.99. The van der Waals surface area contributed by atoms with Crippen molar-refractivity contribution in [1.82, 2.24) is 4.90 Å². The molecule has 1 aliphatic rings. The summed E-state index contributed by atoms with van der Waals surface area (Å²) < 4.78 is 26.6. The Bertz CT molecular complexity index is 767. The van der Waals surface area contributed by atoms with Gasteiger partial charge in [0.2, 0.25) is 5.91 Å². The number of halogens is 2. The fraction of sp³-hybridized carbons (Fsp3) is 0.176. The molecule has 3 rings (SSSR count). The van der Waals surface area contributed by atoms with Gasteiger partial charge in [-0.05, 0) is 36.4 Å². The molecule has 0 radical (unpaired) electrons. The molecule has 124 valence electrons. The van der Waals surface area contributed by atoms with E-state index < -0.39 is 23.6 Å². The van der Waals surface area contributed by atoms with Crippen LogP contribution in [0, 0.1) is 11.6 Å². The first kappa shape index (κ1) is 16.4. The second-order valence-corrected chi connectivity index (χ2v) is 6.27. The molecular weight excluding hydrogens is 334 g/mol. The number of hydrogen-bond donors (Lipinski definition) is 1. The summed E-state index contributed by atoms with van der Waals surface area (Å²) in [6, 6.07) is 10.3. The molecule has 0 spiro atoms. The number of amides is 2. The molecule has 24 heavy (non-hydrogen) atoms. The van der Waals surface area contributed by atoms with E-state index in [2.05, 4.69) is 5.32 Å². The molecule has 0 unspecified atom stereocenters. The Morgan fingerprint density at radius 3 is 2.50 bits per heavy atom. The van der Waals surface area contributed by atoms with Gasteiger partial charge in [-0.25, -0.2) is 8.78 Å². The molecule has 1 heterocycles. The van der Waals surface area contributed by atoms with Crippen molar-refractivity contribution in [2.75, 3.05) is 16.9 Å². The van der Waals surface area contributed by atoms with Gasteiger partial charge < -0.3 is 10.2 Å². The van der Waals surface area contributed by atoms with Crippen molar-refractivity contribution in [2.24, 2.45) is 0 Å². The van der Waals surface area contributed by atoms with Crippen LogP contribution in [0.5, 0.6) is 0 Å². The van der Waals surface area contributed by atoms with Gasteiger partial charge >= 0.3 is 0 Å². The van der Waals surface area contributed by atoms with E-state index in [1.54, 1.807) is 6.07 Å². The van der Waals surface area contributed by atoms with Gasteiger partial charge in [0.25, 0.3) is 5.91 Å². The number of carbonyl (C=O) groups excluding carboxylic acids is 2. The summed E-state index contributed by atoms with van der Waals surface area (Å²) in [7, 11) is 0. The Balaban J connectivity index is 1.75. The number of para-hydroxylation sites is 1. The number of rotatable bonds is 3. The molecule has 1 fully saturated rings. The smallest absolute Gasteiger partial charge is 0.255 e. The van der Waals surface area contributed by atoms with Crippen LogP contribution in [-0.4, -0.2) is 34.4 Å². The zero-order valence-electron chi connectivity index (χ0n) is 12.5. The fourth-order valence-corrected chi connectivity index (χ4v) is 3.55. The largest absolute Gasteiger partial charge is 0.322 e. The minimum absolute atomic E-state index is 0.0774. The lowest BCUT2D eigenvalue weighted by Gasteiger charge is -2.23. The van der Waals surface area contributed by atoms with E-state index in [-0.39, 0.29) is 11.6 Å². The van der Waals surface area contributed by atoms with Crippen molar-refractivity contribution in [2.45, 2.75) is 6.04 Å². The Morgan fingerprint density at radius 1 is 1.08 bits per heavy atom. The summed E-state index contributed by atoms with van der Waals surface area (Å²) in [5.41, 5.74) is 0.385. The van der Waals surface area contributed by atoms with E-state index in [9.17, 15) is 18.4 Å². The van der Waals surface area contributed by atoms with Crippen LogP contribution in [-0.2, 0) is 4.79 Å². The predicted molar refractivity (Wildman–Crippen MR) is 88.7 cm³/mol. The Labute approximate surface area is 141 Å². The number of carbonyl (C=O) groups is 2. The fourth-order valence-electron chi connectivity index (χ4n) is 2.40. The molecule has 0 aliphatic carbocycles. The van der Waals surface area contributed by atoms with Gasteiger partial charge in [-0.3, -0.25) is 9.59 Å². The Hall–Kier alpha value is -2.41. The molecular formula is C17H14F2N2O2S. The van der Waals surface area contributed by atoms with E-state index in [0.29, 0.717) is 17.2 Å². The lowest BCUT2D eigenvalue weighted by atomic mass is 10.1. The highest BCUT2D eigenvalue weighted by Gasteiger charge is 2.35. The quantitative estimate of drug-likeness (QED) is 0.927. The summed E-state index contributed by atoms with van der Waals surface area (Å²) >= 11 is 1.44. The molecule has 1 saturated heterocycles. The lowest BCUT2D eigenvalue weighted by Crippen LogP contribution is -2.44. The maximum Gasteiger partial charge on any atom is 0.255 e. The number of nitrogens with one attached hydrogen (secondary N) is 1. The van der Waals surface area contributed by atoms with Gasteiger partial charge in [-0.1, -0.05) is 12.1 Å². The molecule has 1 N–H and O–H groups in total. The molecule has 0 aromatic heterocycles. The molecule has 0 saturated carbocycles. The average Bonchev–Trinajstić information content (AvgIpc) is 3.07. The molecule has 2 aromatic carbocycles. The third kappa shape index (κ3) is 3.41. The van der Waals surface area contributed by atoms with Crippen LogP contribution < -0.4 is 5.32 Å². The van der Waals surface area contributed by atoms with E-state index >= 15 is 0 Å². The number of nitrogens with zero attached hydrogens (tertiary/aromatic N) is 1. The zero-order chi connectivity index (χ0) is 17.1. The predicted octanol–water partition coefficient (Wildman–Crippen LogP) is 3.12. The molecule has 1 atom stereocenters. The average molecular weight is 348 g/mol. The van der Waals surface area contributed by atoms with E-state index in [0.717, 1.165) is 0 Å². The monoisotopic (exact) mass is 348 g/mol. The molecule has 0 bridgehead atoms. The van der Waals surface area contributed by atoms with E-state index in [1.807, 2.05) is 0 Å². The molecule has 2 amide bonds. The van der Waals surface area contributed by atoms with Crippen molar-refractivity contribution in [1.29, 1.82) is 0 Å². The van der Waals surface area contributed by atoms with Crippen LogP contribution >= 0.6 is 11.8 Å². The van der Waals surface area contributed by atoms with Crippen LogP contribution in [0.4, 0.5) is 14.5 Å². The number of anilines is 1. The lowest BCUT2D eigenvalue weighted by molar-refractivity contribution is -0.119. The second-order valence-electron chi connectivity index (χ2n) is 5.27. The van der Waals surface area contributed by atoms with Gasteiger partial charge in [0.1, 0.15) is 17.7 Å². The maximum absolute atomic E-state index is 13.7.